The van der Waals surface area contributed by atoms with E-state index < -0.39 is 68.0 Å². The maximum Gasteiger partial charge on any atom is 0.189 e. The summed E-state index contributed by atoms with van der Waals surface area (Å²) >= 11 is 0. The Kier molecular flexibility index (Phi) is 5.72. The van der Waals surface area contributed by atoms with Crippen molar-refractivity contribution in [3.63, 3.8) is 0 Å². The van der Waals surface area contributed by atoms with Crippen molar-refractivity contribution in [1.82, 2.24) is 0 Å². The maximum atomic E-state index is 9.83. The molecule has 10 heteroatoms. The molecule has 2 saturated heterocycles. The van der Waals surface area contributed by atoms with Gasteiger partial charge in [0.2, 0.25) is 0 Å². The van der Waals surface area contributed by atoms with E-state index in [0.717, 1.165) is 0 Å². The second-order valence-corrected chi connectivity index (χ2v) is 5.51. The summed E-state index contributed by atoms with van der Waals surface area (Å²) in [4.78, 5) is 0. The first-order valence-corrected chi connectivity index (χ1v) is 6.93. The van der Waals surface area contributed by atoms with Crippen LogP contribution in [-0.4, -0.2) is 104 Å². The SMILES string of the molecule is C[C@H]1OC(O[C@@H]2O[C@H](CO)[C@@H](O)[C@H](O)[C@H]2O)[C@H](O)[C@@H](O)[C@H]1O. The third-order valence-corrected chi connectivity index (χ3v) is 3.93. The maximum absolute atomic E-state index is 9.83. The van der Waals surface area contributed by atoms with Crippen molar-refractivity contribution in [2.24, 2.45) is 0 Å². The molecule has 0 saturated carbocycles. The first-order valence-electron chi connectivity index (χ1n) is 6.93. The number of hydrogen-bond donors (Lipinski definition) is 7. The molecule has 0 radical (unpaired) electrons. The third kappa shape index (κ3) is 3.26. The van der Waals surface area contributed by atoms with E-state index in [1.165, 1.54) is 6.92 Å². The predicted octanol–water partition coefficient (Wildman–Crippen LogP) is -4.37. The van der Waals surface area contributed by atoms with Gasteiger partial charge in [-0.25, -0.2) is 0 Å². The standard InChI is InChI=1S/C12H22O10/c1-3-5(14)7(16)9(18)11(20-3)22-12-10(19)8(17)6(15)4(2-13)21-12/h3-19H,2H2,1H3/t3-,4-,5+,6-,7+,8+,9-,10-,11?,12+/m1/s1. The summed E-state index contributed by atoms with van der Waals surface area (Å²) in [7, 11) is 0. The lowest BCUT2D eigenvalue weighted by Gasteiger charge is -2.44. The van der Waals surface area contributed by atoms with Crippen molar-refractivity contribution in [2.45, 2.75) is 68.3 Å². The zero-order valence-electron chi connectivity index (χ0n) is 11.8. The first kappa shape index (κ1) is 17.9. The van der Waals surface area contributed by atoms with E-state index in [4.69, 9.17) is 19.3 Å². The predicted molar refractivity (Wildman–Crippen MR) is 67.2 cm³/mol. The van der Waals surface area contributed by atoms with Crippen LogP contribution >= 0.6 is 0 Å². The van der Waals surface area contributed by atoms with Gasteiger partial charge in [0.05, 0.1) is 12.7 Å². The Morgan fingerprint density at radius 1 is 0.727 bits per heavy atom. The minimum Gasteiger partial charge on any atom is -0.394 e. The second kappa shape index (κ2) is 7.01. The largest absolute Gasteiger partial charge is 0.394 e. The van der Waals surface area contributed by atoms with Crippen LogP contribution in [0.5, 0.6) is 0 Å². The Morgan fingerprint density at radius 2 is 1.23 bits per heavy atom. The van der Waals surface area contributed by atoms with Gasteiger partial charge in [-0.1, -0.05) is 0 Å². The zero-order chi connectivity index (χ0) is 16.6. The van der Waals surface area contributed by atoms with Gasteiger partial charge in [-0.15, -0.1) is 0 Å². The van der Waals surface area contributed by atoms with Crippen molar-refractivity contribution in [3.05, 3.63) is 0 Å². The Labute approximate surface area is 126 Å². The number of rotatable bonds is 3. The average molecular weight is 326 g/mol. The molecule has 10 atom stereocenters. The lowest BCUT2D eigenvalue weighted by atomic mass is 9.98. The molecule has 0 aromatic rings. The fraction of sp³-hybridized carbons (Fsp3) is 1.00. The lowest BCUT2D eigenvalue weighted by molar-refractivity contribution is -0.373. The summed E-state index contributed by atoms with van der Waals surface area (Å²) in [6, 6.07) is 0. The monoisotopic (exact) mass is 326 g/mol. The molecule has 2 heterocycles. The van der Waals surface area contributed by atoms with Gasteiger partial charge in [-0.2, -0.15) is 0 Å². The summed E-state index contributed by atoms with van der Waals surface area (Å²) < 4.78 is 15.5. The van der Waals surface area contributed by atoms with Crippen LogP contribution in [0.3, 0.4) is 0 Å². The van der Waals surface area contributed by atoms with Crippen LogP contribution in [0.25, 0.3) is 0 Å². The molecular weight excluding hydrogens is 304 g/mol. The van der Waals surface area contributed by atoms with Gasteiger partial charge in [0.15, 0.2) is 12.6 Å². The van der Waals surface area contributed by atoms with Gasteiger partial charge >= 0.3 is 0 Å². The highest BCUT2D eigenvalue weighted by molar-refractivity contribution is 4.91. The molecule has 0 aromatic carbocycles. The van der Waals surface area contributed by atoms with Crippen molar-refractivity contribution in [3.8, 4) is 0 Å². The van der Waals surface area contributed by atoms with Crippen molar-refractivity contribution < 1.29 is 50.0 Å². The van der Waals surface area contributed by atoms with E-state index in [0.29, 0.717) is 0 Å². The van der Waals surface area contributed by atoms with E-state index in [1.807, 2.05) is 0 Å². The number of aliphatic hydroxyl groups is 7. The molecule has 2 fully saturated rings. The molecule has 22 heavy (non-hydrogen) atoms. The molecule has 0 spiro atoms. The molecular formula is C12H22O10. The van der Waals surface area contributed by atoms with Gasteiger partial charge in [-0.3, -0.25) is 0 Å². The minimum atomic E-state index is -1.66. The molecule has 1 unspecified atom stereocenters. The Bertz CT molecular complexity index is 366. The molecule has 10 nitrogen and oxygen atoms in total. The molecule has 2 rings (SSSR count). The van der Waals surface area contributed by atoms with Crippen molar-refractivity contribution in [1.29, 1.82) is 0 Å². The van der Waals surface area contributed by atoms with Gasteiger partial charge in [0.25, 0.3) is 0 Å². The van der Waals surface area contributed by atoms with E-state index in [-0.39, 0.29) is 0 Å². The van der Waals surface area contributed by atoms with E-state index in [2.05, 4.69) is 0 Å². The van der Waals surface area contributed by atoms with Crippen LogP contribution in [0.1, 0.15) is 6.92 Å². The second-order valence-electron chi connectivity index (χ2n) is 5.51. The summed E-state index contributed by atoms with van der Waals surface area (Å²) in [6.45, 7) is 0.819. The van der Waals surface area contributed by atoms with Gasteiger partial charge in [0, 0.05) is 0 Å². The van der Waals surface area contributed by atoms with E-state index in [9.17, 15) is 30.6 Å². The molecule has 2 aliphatic heterocycles. The van der Waals surface area contributed by atoms with Crippen LogP contribution in [0.2, 0.25) is 0 Å². The minimum absolute atomic E-state index is 0.628. The fourth-order valence-corrected chi connectivity index (χ4v) is 2.44. The van der Waals surface area contributed by atoms with Crippen LogP contribution in [0.15, 0.2) is 0 Å². The van der Waals surface area contributed by atoms with Crippen LogP contribution in [0.4, 0.5) is 0 Å². The summed E-state index contributed by atoms with van der Waals surface area (Å²) in [6.07, 6.45) is -14.3. The lowest BCUT2D eigenvalue weighted by Crippen LogP contribution is -2.63. The summed E-state index contributed by atoms with van der Waals surface area (Å²) in [5, 5.41) is 67.3. The van der Waals surface area contributed by atoms with Crippen LogP contribution < -0.4 is 0 Å². The highest BCUT2D eigenvalue weighted by Crippen LogP contribution is 2.27. The van der Waals surface area contributed by atoms with Crippen LogP contribution in [0, 0.1) is 0 Å². The summed E-state index contributed by atoms with van der Waals surface area (Å²) in [5.41, 5.74) is 0. The smallest absolute Gasteiger partial charge is 0.189 e. The van der Waals surface area contributed by atoms with Gasteiger partial charge in [0.1, 0.15) is 42.7 Å². The fourth-order valence-electron chi connectivity index (χ4n) is 2.44. The molecule has 0 aromatic heterocycles. The molecule has 2 aliphatic rings. The molecule has 130 valence electrons. The van der Waals surface area contributed by atoms with Crippen molar-refractivity contribution in [2.75, 3.05) is 6.61 Å². The third-order valence-electron chi connectivity index (χ3n) is 3.93. The number of aliphatic hydroxyl groups excluding tert-OH is 7. The van der Waals surface area contributed by atoms with E-state index in [1.54, 1.807) is 0 Å². The Balaban J connectivity index is 2.05. The zero-order valence-corrected chi connectivity index (χ0v) is 11.8. The normalized spacial score (nSPS) is 53.5. The quantitative estimate of drug-likeness (QED) is 0.269. The number of ether oxygens (including phenoxy) is 3. The first-order chi connectivity index (χ1) is 10.3. The highest BCUT2D eigenvalue weighted by atomic mass is 16.8. The Hall–Kier alpha value is -0.400. The topological polar surface area (TPSA) is 169 Å². The molecule has 7 N–H and O–H groups in total. The summed E-state index contributed by atoms with van der Waals surface area (Å²) in [5.74, 6) is 0. The van der Waals surface area contributed by atoms with Crippen molar-refractivity contribution >= 4 is 0 Å². The van der Waals surface area contributed by atoms with Crippen LogP contribution in [-0.2, 0) is 14.2 Å². The highest BCUT2D eigenvalue weighted by Gasteiger charge is 2.48. The van der Waals surface area contributed by atoms with Gasteiger partial charge < -0.3 is 50.0 Å². The average Bonchev–Trinajstić information content (AvgIpc) is 2.50. The molecule has 0 bridgehead atoms. The Morgan fingerprint density at radius 3 is 1.77 bits per heavy atom. The number of hydrogen-bond acceptors (Lipinski definition) is 10. The molecule has 0 aliphatic carbocycles. The van der Waals surface area contributed by atoms with E-state index >= 15 is 0 Å². The molecule has 0 amide bonds. The van der Waals surface area contributed by atoms with Gasteiger partial charge in [-0.05, 0) is 6.92 Å².